The number of carbonyl (C=O) groups excluding carboxylic acids is 2. The van der Waals surface area contributed by atoms with Gasteiger partial charge in [-0.15, -0.1) is 0 Å². The van der Waals surface area contributed by atoms with Crippen LogP contribution in [0.15, 0.2) is 42.5 Å². The van der Waals surface area contributed by atoms with Crippen LogP contribution in [0.1, 0.15) is 23.0 Å². The Morgan fingerprint density at radius 3 is 2.31 bits per heavy atom. The average Bonchev–Trinajstić information content (AvgIpc) is 2.86. The van der Waals surface area contributed by atoms with Gasteiger partial charge in [-0.25, -0.2) is 0 Å². The quantitative estimate of drug-likeness (QED) is 0.498. The van der Waals surface area contributed by atoms with Crippen molar-refractivity contribution in [3.8, 4) is 11.5 Å². The van der Waals surface area contributed by atoms with Crippen LogP contribution in [0, 0.1) is 6.92 Å². The number of hydrogen-bond acceptors (Lipinski definition) is 4. The molecule has 7 heteroatoms. The fraction of sp³-hybridized carbons (Fsp3) is 0.158. The van der Waals surface area contributed by atoms with E-state index >= 15 is 0 Å². The molecule has 0 aliphatic carbocycles. The molecule has 1 heterocycles. The van der Waals surface area contributed by atoms with Gasteiger partial charge in [-0.3, -0.25) is 14.2 Å². The van der Waals surface area contributed by atoms with Crippen molar-refractivity contribution in [3.63, 3.8) is 0 Å². The van der Waals surface area contributed by atoms with Crippen LogP contribution < -0.4 is 9.47 Å². The number of halogens is 1. The molecule has 3 aromatic rings. The first-order valence-corrected chi connectivity index (χ1v) is 7.98. The standard InChI is InChI=1S/C19H16ClNO4.K/c1-11-18(25-12(2)22)16-10-15(24-3)8-9-17(16)21(11)19(23)13-4-6-14(20)7-5-13;/h4-10H,1-3H3;. The van der Waals surface area contributed by atoms with E-state index in [1.54, 1.807) is 56.5 Å². The molecule has 0 amide bonds. The Labute approximate surface area is 198 Å². The van der Waals surface area contributed by atoms with Crippen molar-refractivity contribution >= 4 is 85.8 Å². The molecule has 3 rings (SSSR count). The Hall–Kier alpha value is -1.15. The molecule has 26 heavy (non-hydrogen) atoms. The zero-order valence-corrected chi connectivity index (χ0v) is 18.9. The third-order valence-electron chi connectivity index (χ3n) is 3.89. The summed E-state index contributed by atoms with van der Waals surface area (Å²) in [6, 6.07) is 11.9. The van der Waals surface area contributed by atoms with Gasteiger partial charge in [0.2, 0.25) is 0 Å². The zero-order valence-electron chi connectivity index (χ0n) is 15.0. The second kappa shape index (κ2) is 8.69. The maximum absolute atomic E-state index is 13.0. The van der Waals surface area contributed by atoms with Crippen LogP contribution in [0.25, 0.3) is 10.9 Å². The van der Waals surface area contributed by atoms with Gasteiger partial charge in [-0.1, -0.05) is 11.6 Å². The molecule has 0 saturated heterocycles. The van der Waals surface area contributed by atoms with Gasteiger partial charge < -0.3 is 9.47 Å². The molecule has 0 aliphatic heterocycles. The third-order valence-corrected chi connectivity index (χ3v) is 4.15. The van der Waals surface area contributed by atoms with Crippen LogP contribution in [0.4, 0.5) is 0 Å². The molecule has 2 aromatic carbocycles. The molecule has 129 valence electrons. The van der Waals surface area contributed by atoms with Crippen LogP contribution in [0.5, 0.6) is 11.5 Å². The van der Waals surface area contributed by atoms with Gasteiger partial charge in [-0.05, 0) is 49.4 Å². The van der Waals surface area contributed by atoms with Crippen molar-refractivity contribution in [2.45, 2.75) is 13.8 Å². The van der Waals surface area contributed by atoms with Crippen LogP contribution in [0.3, 0.4) is 0 Å². The van der Waals surface area contributed by atoms with Crippen molar-refractivity contribution in [1.82, 2.24) is 4.57 Å². The summed E-state index contributed by atoms with van der Waals surface area (Å²) in [4.78, 5) is 24.5. The van der Waals surface area contributed by atoms with E-state index in [9.17, 15) is 9.59 Å². The Morgan fingerprint density at radius 2 is 1.73 bits per heavy atom. The summed E-state index contributed by atoms with van der Waals surface area (Å²) in [5, 5.41) is 1.19. The van der Waals surface area contributed by atoms with Crippen molar-refractivity contribution < 1.29 is 19.1 Å². The maximum Gasteiger partial charge on any atom is 0.308 e. The second-order valence-electron chi connectivity index (χ2n) is 5.54. The molecular weight excluding hydrogens is 381 g/mol. The Balaban J connectivity index is 0.00000243. The van der Waals surface area contributed by atoms with Gasteiger partial charge in [0, 0.05) is 74.3 Å². The van der Waals surface area contributed by atoms with Gasteiger partial charge >= 0.3 is 5.97 Å². The Morgan fingerprint density at radius 1 is 1.08 bits per heavy atom. The molecule has 0 N–H and O–H groups in total. The number of aromatic nitrogens is 1. The van der Waals surface area contributed by atoms with Crippen LogP contribution in [0.2, 0.25) is 5.02 Å². The number of fused-ring (bicyclic) bond motifs is 1. The summed E-state index contributed by atoms with van der Waals surface area (Å²) in [5.74, 6) is 0.271. The minimum absolute atomic E-state index is 0. The van der Waals surface area contributed by atoms with Gasteiger partial charge in [-0.2, -0.15) is 0 Å². The fourth-order valence-electron chi connectivity index (χ4n) is 2.75. The first kappa shape index (κ1) is 21.1. The first-order valence-electron chi connectivity index (χ1n) is 7.60. The second-order valence-corrected chi connectivity index (χ2v) is 5.98. The number of methoxy groups -OCH3 is 1. The summed E-state index contributed by atoms with van der Waals surface area (Å²) < 4.78 is 12.1. The summed E-state index contributed by atoms with van der Waals surface area (Å²) in [7, 11) is 1.55. The van der Waals surface area contributed by atoms with E-state index < -0.39 is 5.97 Å². The molecule has 5 nitrogen and oxygen atoms in total. The molecular formula is C19H16ClKNO4. The van der Waals surface area contributed by atoms with Crippen molar-refractivity contribution in [2.75, 3.05) is 7.11 Å². The van der Waals surface area contributed by atoms with E-state index in [-0.39, 0.29) is 57.3 Å². The Bertz CT molecular complexity index is 979. The predicted octanol–water partition coefficient (Wildman–Crippen LogP) is 3.84. The summed E-state index contributed by atoms with van der Waals surface area (Å²) in [6.07, 6.45) is 0. The van der Waals surface area contributed by atoms with Gasteiger partial charge in [0.25, 0.3) is 5.91 Å². The molecule has 0 aliphatic rings. The minimum atomic E-state index is -0.455. The summed E-state index contributed by atoms with van der Waals surface area (Å²) in [6.45, 7) is 3.06. The Kier molecular flexibility index (Phi) is 7.07. The molecule has 0 bridgehead atoms. The predicted molar refractivity (Wildman–Crippen MR) is 101 cm³/mol. The number of ether oxygens (including phenoxy) is 2. The van der Waals surface area contributed by atoms with E-state index in [4.69, 9.17) is 21.1 Å². The molecule has 1 radical (unpaired) electrons. The van der Waals surface area contributed by atoms with Gasteiger partial charge in [0.1, 0.15) is 5.75 Å². The number of rotatable bonds is 3. The van der Waals surface area contributed by atoms with E-state index in [0.29, 0.717) is 38.7 Å². The van der Waals surface area contributed by atoms with Crippen molar-refractivity contribution in [3.05, 3.63) is 58.7 Å². The molecule has 0 saturated carbocycles. The van der Waals surface area contributed by atoms with E-state index in [0.717, 1.165) is 0 Å². The molecule has 0 atom stereocenters. The number of nitrogens with zero attached hydrogens (tertiary/aromatic N) is 1. The topological polar surface area (TPSA) is 57.5 Å². The fourth-order valence-corrected chi connectivity index (χ4v) is 2.88. The zero-order chi connectivity index (χ0) is 18.1. The van der Waals surface area contributed by atoms with Crippen molar-refractivity contribution in [1.29, 1.82) is 0 Å². The monoisotopic (exact) mass is 396 g/mol. The van der Waals surface area contributed by atoms with Crippen LogP contribution in [-0.4, -0.2) is 74.9 Å². The molecule has 0 spiro atoms. The minimum Gasteiger partial charge on any atom is -0.497 e. The molecule has 1 aromatic heterocycles. The number of esters is 1. The maximum atomic E-state index is 13.0. The van der Waals surface area contributed by atoms with E-state index in [2.05, 4.69) is 0 Å². The van der Waals surface area contributed by atoms with Gasteiger partial charge in [0.15, 0.2) is 5.75 Å². The number of benzene rings is 2. The molecule has 0 unspecified atom stereocenters. The van der Waals surface area contributed by atoms with Crippen LogP contribution >= 0.6 is 11.6 Å². The molecule has 0 fully saturated rings. The first-order chi connectivity index (χ1) is 11.9. The van der Waals surface area contributed by atoms with Crippen molar-refractivity contribution in [2.24, 2.45) is 0 Å². The third kappa shape index (κ3) is 4.06. The summed E-state index contributed by atoms with van der Waals surface area (Å²) in [5.41, 5.74) is 1.66. The largest absolute Gasteiger partial charge is 0.497 e. The van der Waals surface area contributed by atoms with Gasteiger partial charge in [0.05, 0.1) is 18.3 Å². The van der Waals surface area contributed by atoms with E-state index in [1.807, 2.05) is 0 Å². The number of carbonyl (C=O) groups is 2. The van der Waals surface area contributed by atoms with E-state index in [1.165, 1.54) is 11.5 Å². The average molecular weight is 397 g/mol. The number of hydrogen-bond donors (Lipinski definition) is 0. The SMILES string of the molecule is COc1ccc2c(c1)c(OC(C)=O)c(C)n2C(=O)c1ccc(Cl)cc1.[K]. The smallest absolute Gasteiger partial charge is 0.308 e. The van der Waals surface area contributed by atoms with Crippen LogP contribution in [-0.2, 0) is 4.79 Å². The summed E-state index contributed by atoms with van der Waals surface area (Å²) >= 11 is 5.89. The normalized spacial score (nSPS) is 10.3.